The molecule has 0 amide bonds. The Bertz CT molecular complexity index is 1200. The van der Waals surface area contributed by atoms with E-state index in [-0.39, 0.29) is 16.3 Å². The minimum Gasteiger partial charge on any atom is -0.325 e. The van der Waals surface area contributed by atoms with E-state index in [1.807, 2.05) is 44.4 Å². The molecule has 0 aliphatic rings. The van der Waals surface area contributed by atoms with E-state index in [9.17, 15) is 13.7 Å². The van der Waals surface area contributed by atoms with Gasteiger partial charge < -0.3 is 4.57 Å². The van der Waals surface area contributed by atoms with Gasteiger partial charge in [0.25, 0.3) is 10.0 Å². The minimum atomic E-state index is -3.84. The highest BCUT2D eigenvalue weighted by Gasteiger charge is 2.27. The fourth-order valence-corrected chi connectivity index (χ4v) is 4.42. The zero-order chi connectivity index (χ0) is 21.4. The predicted molar refractivity (Wildman–Crippen MR) is 117 cm³/mol. The summed E-state index contributed by atoms with van der Waals surface area (Å²) in [6.07, 6.45) is 0. The molecule has 1 aromatic heterocycles. The van der Waals surface area contributed by atoms with Crippen LogP contribution >= 0.6 is 11.6 Å². The standard InChI is InChI=1S/C22H22ClN3O2S/c1-15-8-10-18(11-9-15)29(27,28)25-19-13-20(16-6-5-7-17(23)12-16)26(21(19)14-24)22(2,3)4/h5-13,25H,1-4H3. The molecule has 5 nitrogen and oxygen atoms in total. The molecule has 3 aromatic rings. The number of aromatic nitrogens is 1. The van der Waals surface area contributed by atoms with Crippen LogP contribution in [0.5, 0.6) is 0 Å². The van der Waals surface area contributed by atoms with Crippen molar-refractivity contribution in [3.63, 3.8) is 0 Å². The lowest BCUT2D eigenvalue weighted by molar-refractivity contribution is 0.400. The summed E-state index contributed by atoms with van der Waals surface area (Å²) >= 11 is 6.16. The normalized spacial score (nSPS) is 11.9. The molecule has 29 heavy (non-hydrogen) atoms. The molecule has 0 saturated heterocycles. The van der Waals surface area contributed by atoms with Crippen LogP contribution in [0.2, 0.25) is 5.02 Å². The van der Waals surface area contributed by atoms with Gasteiger partial charge in [0.15, 0.2) is 0 Å². The van der Waals surface area contributed by atoms with Gasteiger partial charge in [-0.15, -0.1) is 0 Å². The largest absolute Gasteiger partial charge is 0.325 e. The number of benzene rings is 2. The summed E-state index contributed by atoms with van der Waals surface area (Å²) in [6, 6.07) is 17.7. The van der Waals surface area contributed by atoms with Crippen LogP contribution in [-0.4, -0.2) is 13.0 Å². The number of rotatable bonds is 4. The van der Waals surface area contributed by atoms with E-state index < -0.39 is 15.6 Å². The Balaban J connectivity index is 2.17. The van der Waals surface area contributed by atoms with Crippen molar-refractivity contribution in [3.05, 3.63) is 70.9 Å². The first-order valence-corrected chi connectivity index (χ1v) is 10.9. The van der Waals surface area contributed by atoms with E-state index in [1.165, 1.54) is 0 Å². The van der Waals surface area contributed by atoms with Crippen LogP contribution in [0.1, 0.15) is 32.0 Å². The first kappa shape index (κ1) is 21.0. The highest BCUT2D eigenvalue weighted by molar-refractivity contribution is 7.92. The highest BCUT2D eigenvalue weighted by atomic mass is 35.5. The fraction of sp³-hybridized carbons (Fsp3) is 0.227. The molecule has 0 unspecified atom stereocenters. The molecule has 0 saturated carbocycles. The SMILES string of the molecule is Cc1ccc(S(=O)(=O)Nc2cc(-c3cccc(Cl)c3)n(C(C)(C)C)c2C#N)cc1. The van der Waals surface area contributed by atoms with Gasteiger partial charge in [0.05, 0.1) is 16.3 Å². The summed E-state index contributed by atoms with van der Waals surface area (Å²) in [7, 11) is -3.84. The van der Waals surface area contributed by atoms with Gasteiger partial charge in [-0.3, -0.25) is 4.72 Å². The number of hydrogen-bond donors (Lipinski definition) is 1. The number of nitrogens with zero attached hydrogens (tertiary/aromatic N) is 2. The van der Waals surface area contributed by atoms with Crippen LogP contribution in [0.3, 0.4) is 0 Å². The van der Waals surface area contributed by atoms with E-state index in [0.717, 1.165) is 11.1 Å². The highest BCUT2D eigenvalue weighted by Crippen LogP contribution is 2.36. The second kappa shape index (κ2) is 7.58. The third kappa shape index (κ3) is 4.31. The number of nitrogens with one attached hydrogen (secondary N) is 1. The molecule has 0 spiro atoms. The monoisotopic (exact) mass is 427 g/mol. The molecule has 2 aromatic carbocycles. The first-order valence-electron chi connectivity index (χ1n) is 9.05. The maximum atomic E-state index is 12.9. The molecule has 0 atom stereocenters. The van der Waals surface area contributed by atoms with Gasteiger partial charge in [-0.2, -0.15) is 5.26 Å². The molecule has 1 N–H and O–H groups in total. The van der Waals surface area contributed by atoms with Crippen molar-refractivity contribution < 1.29 is 8.42 Å². The van der Waals surface area contributed by atoms with Crippen molar-refractivity contribution >= 4 is 27.3 Å². The average molecular weight is 428 g/mol. The topological polar surface area (TPSA) is 74.9 Å². The third-order valence-corrected chi connectivity index (χ3v) is 6.09. The van der Waals surface area contributed by atoms with Gasteiger partial charge in [0.1, 0.15) is 11.8 Å². The zero-order valence-corrected chi connectivity index (χ0v) is 18.3. The summed E-state index contributed by atoms with van der Waals surface area (Å²) in [5, 5.41) is 10.4. The number of anilines is 1. The Labute approximate surface area is 176 Å². The molecule has 150 valence electrons. The van der Waals surface area contributed by atoms with Crippen LogP contribution in [0.4, 0.5) is 5.69 Å². The summed E-state index contributed by atoms with van der Waals surface area (Å²) < 4.78 is 30.2. The van der Waals surface area contributed by atoms with E-state index in [4.69, 9.17) is 11.6 Å². The maximum absolute atomic E-state index is 12.9. The van der Waals surface area contributed by atoms with Crippen LogP contribution in [0, 0.1) is 18.3 Å². The van der Waals surface area contributed by atoms with Crippen molar-refractivity contribution in [2.75, 3.05) is 4.72 Å². The fourth-order valence-electron chi connectivity index (χ4n) is 3.18. The van der Waals surface area contributed by atoms with Crippen LogP contribution in [-0.2, 0) is 15.6 Å². The first-order chi connectivity index (χ1) is 13.5. The summed E-state index contributed by atoms with van der Waals surface area (Å²) in [5.41, 5.74) is 2.48. The van der Waals surface area contributed by atoms with Gasteiger partial charge in [-0.25, -0.2) is 8.42 Å². The second-order valence-corrected chi connectivity index (χ2v) is 9.96. The van der Waals surface area contributed by atoms with Gasteiger partial charge in [0, 0.05) is 10.6 Å². The van der Waals surface area contributed by atoms with Crippen molar-refractivity contribution in [1.82, 2.24) is 4.57 Å². The van der Waals surface area contributed by atoms with Gasteiger partial charge in [-0.1, -0.05) is 41.4 Å². The molecule has 0 aliphatic carbocycles. The minimum absolute atomic E-state index is 0.139. The Kier molecular flexibility index (Phi) is 5.48. The second-order valence-electron chi connectivity index (χ2n) is 7.84. The van der Waals surface area contributed by atoms with E-state index in [2.05, 4.69) is 10.8 Å². The number of halogens is 1. The lowest BCUT2D eigenvalue weighted by atomic mass is 10.1. The average Bonchev–Trinajstić information content (AvgIpc) is 3.00. The summed E-state index contributed by atoms with van der Waals surface area (Å²) in [4.78, 5) is 0.139. The lowest BCUT2D eigenvalue weighted by Crippen LogP contribution is -2.24. The number of hydrogen-bond acceptors (Lipinski definition) is 3. The molecule has 0 bridgehead atoms. The van der Waals surface area contributed by atoms with Crippen LogP contribution in [0.25, 0.3) is 11.3 Å². The molecular formula is C22H22ClN3O2S. The van der Waals surface area contributed by atoms with Crippen LogP contribution < -0.4 is 4.72 Å². The van der Waals surface area contributed by atoms with E-state index in [0.29, 0.717) is 10.7 Å². The van der Waals surface area contributed by atoms with Gasteiger partial charge >= 0.3 is 0 Å². The molecule has 1 heterocycles. The van der Waals surface area contributed by atoms with Gasteiger partial charge in [0.2, 0.25) is 0 Å². The van der Waals surface area contributed by atoms with E-state index in [1.54, 1.807) is 42.5 Å². The number of sulfonamides is 1. The molecule has 0 fully saturated rings. The summed E-state index contributed by atoms with van der Waals surface area (Å²) in [6.45, 7) is 7.76. The van der Waals surface area contributed by atoms with Crippen molar-refractivity contribution in [3.8, 4) is 17.3 Å². The van der Waals surface area contributed by atoms with Crippen LogP contribution in [0.15, 0.2) is 59.5 Å². The number of nitriles is 1. The van der Waals surface area contributed by atoms with E-state index >= 15 is 0 Å². The summed E-state index contributed by atoms with van der Waals surface area (Å²) in [5.74, 6) is 0. The Morgan fingerprint density at radius 3 is 2.28 bits per heavy atom. The van der Waals surface area contributed by atoms with Crippen molar-refractivity contribution in [2.24, 2.45) is 0 Å². The Morgan fingerprint density at radius 2 is 1.72 bits per heavy atom. The predicted octanol–water partition coefficient (Wildman–Crippen LogP) is 5.54. The van der Waals surface area contributed by atoms with Crippen molar-refractivity contribution in [2.45, 2.75) is 38.1 Å². The Hall–Kier alpha value is -2.75. The maximum Gasteiger partial charge on any atom is 0.261 e. The Morgan fingerprint density at radius 1 is 1.07 bits per heavy atom. The quantitative estimate of drug-likeness (QED) is 0.593. The molecule has 3 rings (SSSR count). The molecule has 0 aliphatic heterocycles. The lowest BCUT2D eigenvalue weighted by Gasteiger charge is -2.26. The third-order valence-electron chi connectivity index (χ3n) is 4.47. The van der Waals surface area contributed by atoms with Gasteiger partial charge in [-0.05, 0) is 63.6 Å². The van der Waals surface area contributed by atoms with Crippen molar-refractivity contribution in [1.29, 1.82) is 5.26 Å². The zero-order valence-electron chi connectivity index (χ0n) is 16.7. The molecular weight excluding hydrogens is 406 g/mol. The molecule has 0 radical (unpaired) electrons. The smallest absolute Gasteiger partial charge is 0.261 e. The number of aryl methyl sites for hydroxylation is 1. The molecule has 7 heteroatoms.